The number of nitrogen functional groups attached to an aromatic ring is 1. The van der Waals surface area contributed by atoms with E-state index in [-0.39, 0.29) is 30.7 Å². The van der Waals surface area contributed by atoms with Gasteiger partial charge in [0.15, 0.2) is 0 Å². The van der Waals surface area contributed by atoms with Crippen molar-refractivity contribution in [2.24, 2.45) is 5.73 Å². The number of nitrogens with one attached hydrogen (secondary N) is 2. The molecule has 0 aliphatic heterocycles. The zero-order valence-corrected chi connectivity index (χ0v) is 16.4. The van der Waals surface area contributed by atoms with E-state index in [9.17, 15) is 9.59 Å². The Bertz CT molecular complexity index is 1160. The molecule has 1 heterocycles. The molecule has 8 nitrogen and oxygen atoms in total. The van der Waals surface area contributed by atoms with Gasteiger partial charge in [-0.05, 0) is 18.2 Å². The van der Waals surface area contributed by atoms with Crippen LogP contribution in [0.4, 0.5) is 0 Å². The molecule has 0 atom stereocenters. The number of terminal acetylenes is 1. The van der Waals surface area contributed by atoms with Crippen molar-refractivity contribution in [3.05, 3.63) is 53.6 Å². The van der Waals surface area contributed by atoms with Crippen LogP contribution < -0.4 is 11.1 Å². The number of nitrogens with zero attached hydrogens (tertiary/aromatic N) is 2. The van der Waals surface area contributed by atoms with Gasteiger partial charge in [0.2, 0.25) is 0 Å². The lowest BCUT2D eigenvalue weighted by atomic mass is 10.1. The standard InChI is InChI=1S/C22H21N5O3/c1-3-12-27-18-9-8-16(22(29)25-11-10-19(28)30-2)13-17(18)26-21(27)15-6-4-14(5-7-15)20(23)24/h1,4-9,13H,10-12H2,2H3,(H3,23,24)(H,25,29). The van der Waals surface area contributed by atoms with Crippen LogP contribution in [0.1, 0.15) is 22.3 Å². The Morgan fingerprint density at radius 3 is 2.57 bits per heavy atom. The zero-order valence-electron chi connectivity index (χ0n) is 16.4. The second-order valence-corrected chi connectivity index (χ2v) is 6.50. The number of hydrogen-bond acceptors (Lipinski definition) is 5. The number of benzene rings is 2. The van der Waals surface area contributed by atoms with Crippen molar-refractivity contribution in [1.82, 2.24) is 14.9 Å². The summed E-state index contributed by atoms with van der Waals surface area (Å²) in [6.07, 6.45) is 5.64. The van der Waals surface area contributed by atoms with E-state index in [1.54, 1.807) is 30.3 Å². The summed E-state index contributed by atoms with van der Waals surface area (Å²) in [6.45, 7) is 0.494. The van der Waals surface area contributed by atoms with Gasteiger partial charge in [0.25, 0.3) is 5.91 Å². The molecule has 0 aliphatic carbocycles. The summed E-state index contributed by atoms with van der Waals surface area (Å²) in [5.41, 5.74) is 8.79. The third-order valence-corrected chi connectivity index (χ3v) is 4.56. The lowest BCUT2D eigenvalue weighted by Gasteiger charge is -2.07. The van der Waals surface area contributed by atoms with Crippen LogP contribution in [-0.2, 0) is 16.1 Å². The van der Waals surface area contributed by atoms with E-state index in [1.807, 2.05) is 16.7 Å². The highest BCUT2D eigenvalue weighted by Crippen LogP contribution is 2.26. The van der Waals surface area contributed by atoms with Crippen LogP contribution in [0.3, 0.4) is 0 Å². The van der Waals surface area contributed by atoms with Crippen molar-refractivity contribution in [3.63, 3.8) is 0 Å². The van der Waals surface area contributed by atoms with Gasteiger partial charge in [0, 0.05) is 23.2 Å². The molecule has 4 N–H and O–H groups in total. The first kappa shape index (κ1) is 20.6. The summed E-state index contributed by atoms with van der Waals surface area (Å²) in [6, 6.07) is 12.3. The van der Waals surface area contributed by atoms with Crippen molar-refractivity contribution in [1.29, 1.82) is 5.41 Å². The molecular formula is C22H21N5O3. The van der Waals surface area contributed by atoms with Crippen molar-refractivity contribution >= 4 is 28.7 Å². The Balaban J connectivity index is 1.92. The van der Waals surface area contributed by atoms with Gasteiger partial charge in [-0.25, -0.2) is 4.98 Å². The summed E-state index contributed by atoms with van der Waals surface area (Å²) >= 11 is 0. The average molecular weight is 403 g/mol. The Labute approximate surface area is 173 Å². The molecule has 0 aliphatic rings. The van der Waals surface area contributed by atoms with Crippen molar-refractivity contribution in [2.75, 3.05) is 13.7 Å². The molecule has 0 saturated heterocycles. The van der Waals surface area contributed by atoms with E-state index in [1.165, 1.54) is 7.11 Å². The van der Waals surface area contributed by atoms with E-state index in [0.29, 0.717) is 29.0 Å². The van der Waals surface area contributed by atoms with Gasteiger partial charge in [-0.15, -0.1) is 6.42 Å². The number of rotatable bonds is 7. The Morgan fingerprint density at radius 2 is 1.93 bits per heavy atom. The number of aromatic nitrogens is 2. The molecule has 3 rings (SSSR count). The maximum Gasteiger partial charge on any atom is 0.307 e. The molecule has 2 aromatic carbocycles. The lowest BCUT2D eigenvalue weighted by Crippen LogP contribution is -2.26. The van der Waals surface area contributed by atoms with Gasteiger partial charge in [-0.3, -0.25) is 15.0 Å². The summed E-state index contributed by atoms with van der Waals surface area (Å²) in [5, 5.41) is 10.2. The summed E-state index contributed by atoms with van der Waals surface area (Å²) < 4.78 is 6.44. The van der Waals surface area contributed by atoms with Crippen LogP contribution in [0.25, 0.3) is 22.4 Å². The number of carbonyl (C=O) groups is 2. The predicted octanol–water partition coefficient (Wildman–Crippen LogP) is 1.91. The fraction of sp³-hybridized carbons (Fsp3) is 0.182. The second kappa shape index (κ2) is 8.92. The maximum absolute atomic E-state index is 12.4. The fourth-order valence-corrected chi connectivity index (χ4v) is 3.02. The predicted molar refractivity (Wildman–Crippen MR) is 114 cm³/mol. The molecule has 3 aromatic rings. The first-order chi connectivity index (χ1) is 14.4. The molecule has 0 saturated carbocycles. The zero-order chi connectivity index (χ0) is 21.7. The number of nitrogens with two attached hydrogens (primary N) is 1. The average Bonchev–Trinajstić information content (AvgIpc) is 3.11. The van der Waals surface area contributed by atoms with Crippen molar-refractivity contribution in [3.8, 4) is 23.7 Å². The lowest BCUT2D eigenvalue weighted by molar-refractivity contribution is -0.140. The van der Waals surface area contributed by atoms with Gasteiger partial charge in [-0.2, -0.15) is 0 Å². The maximum atomic E-state index is 12.4. The molecule has 30 heavy (non-hydrogen) atoms. The molecule has 1 amide bonds. The number of imidazole rings is 1. The molecule has 0 unspecified atom stereocenters. The SMILES string of the molecule is C#CCn1c(-c2ccc(C(=N)N)cc2)nc2cc(C(=O)NCCC(=O)OC)ccc21. The monoisotopic (exact) mass is 403 g/mol. The summed E-state index contributed by atoms with van der Waals surface area (Å²) in [4.78, 5) is 28.2. The first-order valence-corrected chi connectivity index (χ1v) is 9.18. The van der Waals surface area contributed by atoms with Gasteiger partial charge in [-0.1, -0.05) is 30.2 Å². The van der Waals surface area contributed by atoms with Crippen LogP contribution in [0.15, 0.2) is 42.5 Å². The Hall–Kier alpha value is -4.12. The minimum absolute atomic E-state index is 0.0125. The van der Waals surface area contributed by atoms with Crippen LogP contribution in [0.2, 0.25) is 0 Å². The van der Waals surface area contributed by atoms with Crippen LogP contribution in [-0.4, -0.2) is 40.9 Å². The number of ether oxygens (including phenoxy) is 1. The number of methoxy groups -OCH3 is 1. The molecule has 0 spiro atoms. The molecule has 0 radical (unpaired) electrons. The van der Waals surface area contributed by atoms with Gasteiger partial charge in [0.1, 0.15) is 11.7 Å². The number of hydrogen-bond donors (Lipinski definition) is 3. The van der Waals surface area contributed by atoms with Crippen molar-refractivity contribution < 1.29 is 14.3 Å². The van der Waals surface area contributed by atoms with E-state index in [2.05, 4.69) is 21.0 Å². The topological polar surface area (TPSA) is 123 Å². The first-order valence-electron chi connectivity index (χ1n) is 9.18. The normalized spacial score (nSPS) is 10.4. The smallest absolute Gasteiger partial charge is 0.307 e. The molecule has 0 bridgehead atoms. The summed E-state index contributed by atoms with van der Waals surface area (Å²) in [7, 11) is 1.30. The highest BCUT2D eigenvalue weighted by Gasteiger charge is 2.15. The molecule has 0 fully saturated rings. The van der Waals surface area contributed by atoms with Crippen LogP contribution in [0, 0.1) is 17.8 Å². The Morgan fingerprint density at radius 1 is 1.23 bits per heavy atom. The quantitative estimate of drug-likeness (QED) is 0.241. The minimum Gasteiger partial charge on any atom is -0.469 e. The molecule has 1 aromatic heterocycles. The minimum atomic E-state index is -0.390. The van der Waals surface area contributed by atoms with E-state index >= 15 is 0 Å². The summed E-state index contributed by atoms with van der Waals surface area (Å²) in [5.74, 6) is 2.58. The van der Waals surface area contributed by atoms with E-state index in [0.717, 1.165) is 11.1 Å². The highest BCUT2D eigenvalue weighted by molar-refractivity contribution is 5.98. The van der Waals surface area contributed by atoms with Gasteiger partial charge < -0.3 is 20.4 Å². The molecule has 152 valence electrons. The van der Waals surface area contributed by atoms with Crippen LogP contribution in [0.5, 0.6) is 0 Å². The van der Waals surface area contributed by atoms with E-state index < -0.39 is 0 Å². The molecular weight excluding hydrogens is 382 g/mol. The third-order valence-electron chi connectivity index (χ3n) is 4.56. The number of fused-ring (bicyclic) bond motifs is 1. The largest absolute Gasteiger partial charge is 0.469 e. The number of amides is 1. The number of esters is 1. The van der Waals surface area contributed by atoms with Crippen molar-refractivity contribution in [2.45, 2.75) is 13.0 Å². The van der Waals surface area contributed by atoms with Crippen LogP contribution >= 0.6 is 0 Å². The number of amidine groups is 1. The number of carbonyl (C=O) groups excluding carboxylic acids is 2. The molecule has 8 heteroatoms. The van der Waals surface area contributed by atoms with E-state index in [4.69, 9.17) is 17.6 Å². The van der Waals surface area contributed by atoms with Gasteiger partial charge in [0.05, 0.1) is 31.1 Å². The fourth-order valence-electron chi connectivity index (χ4n) is 3.02. The Kier molecular flexibility index (Phi) is 6.13. The second-order valence-electron chi connectivity index (χ2n) is 6.50. The third kappa shape index (κ3) is 4.31. The van der Waals surface area contributed by atoms with Gasteiger partial charge >= 0.3 is 5.97 Å². The highest BCUT2D eigenvalue weighted by atomic mass is 16.5.